The Morgan fingerprint density at radius 1 is 1.21 bits per heavy atom. The largest absolute Gasteiger partial charge is 0.454 e. The first-order valence-corrected chi connectivity index (χ1v) is 11.8. The normalized spacial score (nSPS) is 17.5. The number of anilines is 1. The predicted molar refractivity (Wildman–Crippen MR) is 123 cm³/mol. The van der Waals surface area contributed by atoms with Crippen LogP contribution in [0.5, 0.6) is 0 Å². The number of aryl methyl sites for hydroxylation is 1. The second-order valence-corrected chi connectivity index (χ2v) is 9.43. The molecule has 4 amide bonds. The molecule has 9 nitrogen and oxygen atoms in total. The maximum absolute atomic E-state index is 12.9. The molecular formula is C23H26N4O5S. The Hall–Kier alpha value is -3.27. The van der Waals surface area contributed by atoms with Gasteiger partial charge in [0.1, 0.15) is 12.1 Å². The molecule has 1 saturated carbocycles. The van der Waals surface area contributed by atoms with Crippen LogP contribution in [0, 0.1) is 6.92 Å². The SMILES string of the molecule is Cc1nc(-c2cccc(NC(=O)COC(=O)CN3C(=O)N(C)C4(CCCCC4)C3=O)c2)cs1. The molecule has 33 heavy (non-hydrogen) atoms. The molecule has 1 aromatic carbocycles. The van der Waals surface area contributed by atoms with Crippen LogP contribution in [-0.4, -0.2) is 64.3 Å². The van der Waals surface area contributed by atoms with E-state index in [-0.39, 0.29) is 5.91 Å². The van der Waals surface area contributed by atoms with Crippen LogP contribution in [0.3, 0.4) is 0 Å². The van der Waals surface area contributed by atoms with Gasteiger partial charge in [-0.25, -0.2) is 9.78 Å². The van der Waals surface area contributed by atoms with Crippen molar-refractivity contribution in [3.63, 3.8) is 0 Å². The maximum Gasteiger partial charge on any atom is 0.327 e. The Bertz CT molecular complexity index is 1090. The minimum absolute atomic E-state index is 0.356. The van der Waals surface area contributed by atoms with Gasteiger partial charge >= 0.3 is 12.0 Å². The highest BCUT2D eigenvalue weighted by Crippen LogP contribution is 2.39. The molecule has 2 fully saturated rings. The quantitative estimate of drug-likeness (QED) is 0.513. The summed E-state index contributed by atoms with van der Waals surface area (Å²) in [4.78, 5) is 56.9. The summed E-state index contributed by atoms with van der Waals surface area (Å²) < 4.78 is 5.04. The van der Waals surface area contributed by atoms with Crippen LogP contribution in [0.1, 0.15) is 37.1 Å². The summed E-state index contributed by atoms with van der Waals surface area (Å²) in [6.45, 7) is 0.899. The minimum Gasteiger partial charge on any atom is -0.454 e. The van der Waals surface area contributed by atoms with Crippen molar-refractivity contribution in [2.24, 2.45) is 0 Å². The fourth-order valence-corrected chi connectivity index (χ4v) is 5.06. The lowest BCUT2D eigenvalue weighted by Crippen LogP contribution is -2.49. The number of nitrogens with one attached hydrogen (secondary N) is 1. The van der Waals surface area contributed by atoms with Crippen molar-refractivity contribution in [2.45, 2.75) is 44.6 Å². The van der Waals surface area contributed by atoms with E-state index in [1.54, 1.807) is 25.2 Å². The molecule has 1 aliphatic carbocycles. The van der Waals surface area contributed by atoms with Crippen LogP contribution in [0.25, 0.3) is 11.3 Å². The zero-order chi connectivity index (χ0) is 23.6. The Morgan fingerprint density at radius 2 is 1.97 bits per heavy atom. The number of imide groups is 1. The molecule has 0 unspecified atom stereocenters. The third-order valence-electron chi connectivity index (χ3n) is 6.20. The molecule has 1 spiro atoms. The number of rotatable bonds is 6. The fraction of sp³-hybridized carbons (Fsp3) is 0.435. The summed E-state index contributed by atoms with van der Waals surface area (Å²) in [7, 11) is 1.60. The summed E-state index contributed by atoms with van der Waals surface area (Å²) in [6.07, 6.45) is 3.96. The summed E-state index contributed by atoms with van der Waals surface area (Å²) in [5.74, 6) is -1.68. The van der Waals surface area contributed by atoms with Gasteiger partial charge in [-0.1, -0.05) is 31.4 Å². The van der Waals surface area contributed by atoms with Gasteiger partial charge in [-0.05, 0) is 31.9 Å². The number of esters is 1. The number of amides is 4. The number of hydrogen-bond donors (Lipinski definition) is 1. The standard InChI is InChI=1S/C23H26N4O5S/c1-15-24-18(14-33-15)16-7-6-8-17(11-16)25-19(28)13-32-20(29)12-27-21(30)23(26(2)22(27)31)9-4-3-5-10-23/h6-8,11,14H,3-5,9-10,12-13H2,1-2H3,(H,25,28). The van der Waals surface area contributed by atoms with Gasteiger partial charge in [0.05, 0.1) is 10.7 Å². The van der Waals surface area contributed by atoms with E-state index >= 15 is 0 Å². The first-order valence-electron chi connectivity index (χ1n) is 10.9. The van der Waals surface area contributed by atoms with Gasteiger partial charge in [0.2, 0.25) is 0 Å². The number of benzene rings is 1. The van der Waals surface area contributed by atoms with Crippen molar-refractivity contribution < 1.29 is 23.9 Å². The van der Waals surface area contributed by atoms with E-state index in [1.165, 1.54) is 16.2 Å². The topological polar surface area (TPSA) is 109 Å². The highest BCUT2D eigenvalue weighted by atomic mass is 32.1. The number of carbonyl (C=O) groups excluding carboxylic acids is 4. The summed E-state index contributed by atoms with van der Waals surface area (Å²) in [6, 6.07) is 6.70. The van der Waals surface area contributed by atoms with Crippen molar-refractivity contribution in [1.29, 1.82) is 0 Å². The molecule has 0 bridgehead atoms. The number of hydrogen-bond acceptors (Lipinski definition) is 7. The van der Waals surface area contributed by atoms with Gasteiger partial charge in [0, 0.05) is 23.7 Å². The molecular weight excluding hydrogens is 444 g/mol. The van der Waals surface area contributed by atoms with E-state index in [9.17, 15) is 19.2 Å². The van der Waals surface area contributed by atoms with Gasteiger partial charge in [-0.15, -0.1) is 11.3 Å². The smallest absolute Gasteiger partial charge is 0.327 e. The number of aromatic nitrogens is 1. The summed E-state index contributed by atoms with van der Waals surface area (Å²) >= 11 is 1.54. The van der Waals surface area contributed by atoms with E-state index in [0.717, 1.165) is 40.4 Å². The molecule has 2 heterocycles. The zero-order valence-corrected chi connectivity index (χ0v) is 19.4. The number of nitrogens with zero attached hydrogens (tertiary/aromatic N) is 3. The lowest BCUT2D eigenvalue weighted by molar-refractivity contribution is -0.150. The molecule has 1 aliphatic heterocycles. The average Bonchev–Trinajstić information content (AvgIpc) is 3.32. The van der Waals surface area contributed by atoms with Crippen LogP contribution in [0.15, 0.2) is 29.6 Å². The highest BCUT2D eigenvalue weighted by Gasteiger charge is 2.55. The highest BCUT2D eigenvalue weighted by molar-refractivity contribution is 7.09. The van der Waals surface area contributed by atoms with E-state index < -0.39 is 36.6 Å². The van der Waals surface area contributed by atoms with Crippen LogP contribution < -0.4 is 5.32 Å². The first kappa shape index (κ1) is 22.9. The number of thiazole rings is 1. The Labute approximate surface area is 195 Å². The van der Waals surface area contributed by atoms with Crippen LogP contribution >= 0.6 is 11.3 Å². The van der Waals surface area contributed by atoms with Gasteiger partial charge in [-0.2, -0.15) is 0 Å². The number of carbonyl (C=O) groups is 4. The van der Waals surface area contributed by atoms with Gasteiger partial charge in [0.15, 0.2) is 6.61 Å². The van der Waals surface area contributed by atoms with Crippen LogP contribution in [0.2, 0.25) is 0 Å². The Morgan fingerprint density at radius 3 is 2.67 bits per heavy atom. The molecule has 1 aromatic heterocycles. The molecule has 10 heteroatoms. The van der Waals surface area contributed by atoms with E-state index in [1.807, 2.05) is 18.4 Å². The number of likely N-dealkylation sites (N-methyl/N-ethyl adjacent to an activating group) is 1. The maximum atomic E-state index is 12.9. The van der Waals surface area contributed by atoms with E-state index in [0.29, 0.717) is 18.5 Å². The fourth-order valence-electron chi connectivity index (χ4n) is 4.44. The Balaban J connectivity index is 1.31. The zero-order valence-electron chi connectivity index (χ0n) is 18.6. The molecule has 2 aliphatic rings. The monoisotopic (exact) mass is 470 g/mol. The Kier molecular flexibility index (Phi) is 6.46. The van der Waals surface area contributed by atoms with Crippen molar-refractivity contribution in [2.75, 3.05) is 25.5 Å². The number of urea groups is 1. The number of ether oxygens (including phenoxy) is 1. The third-order valence-corrected chi connectivity index (χ3v) is 6.97. The van der Waals surface area contributed by atoms with E-state index in [2.05, 4.69) is 10.3 Å². The summed E-state index contributed by atoms with van der Waals surface area (Å²) in [5, 5.41) is 5.57. The lowest BCUT2D eigenvalue weighted by atomic mass is 9.81. The van der Waals surface area contributed by atoms with Crippen molar-refractivity contribution >= 4 is 40.8 Å². The second-order valence-electron chi connectivity index (χ2n) is 8.37. The predicted octanol–water partition coefficient (Wildman–Crippen LogP) is 3.20. The third kappa shape index (κ3) is 4.61. The van der Waals surface area contributed by atoms with Crippen LogP contribution in [-0.2, 0) is 19.1 Å². The van der Waals surface area contributed by atoms with Crippen LogP contribution in [0.4, 0.5) is 10.5 Å². The molecule has 1 N–H and O–H groups in total. The lowest BCUT2D eigenvalue weighted by Gasteiger charge is -2.35. The first-order chi connectivity index (χ1) is 15.8. The molecule has 0 radical (unpaired) electrons. The molecule has 2 aromatic rings. The van der Waals surface area contributed by atoms with Crippen molar-refractivity contribution in [3.05, 3.63) is 34.7 Å². The minimum atomic E-state index is -0.853. The van der Waals surface area contributed by atoms with Crippen molar-refractivity contribution in [3.8, 4) is 11.3 Å². The van der Waals surface area contributed by atoms with E-state index in [4.69, 9.17) is 4.74 Å². The second kappa shape index (κ2) is 9.30. The van der Waals surface area contributed by atoms with Gasteiger partial charge < -0.3 is 15.0 Å². The molecule has 1 saturated heterocycles. The van der Waals surface area contributed by atoms with Gasteiger partial charge in [0.25, 0.3) is 11.8 Å². The molecule has 174 valence electrons. The molecule has 4 rings (SSSR count). The van der Waals surface area contributed by atoms with Gasteiger partial charge in [-0.3, -0.25) is 19.3 Å². The average molecular weight is 471 g/mol. The van der Waals surface area contributed by atoms with Crippen molar-refractivity contribution in [1.82, 2.24) is 14.8 Å². The summed E-state index contributed by atoms with van der Waals surface area (Å²) in [5.41, 5.74) is 1.38. The molecule has 0 atom stereocenters.